The molecular formula is C15H23NO2. The monoisotopic (exact) mass is 249 g/mol. The summed E-state index contributed by atoms with van der Waals surface area (Å²) in [6.07, 6.45) is 0.938. The molecule has 18 heavy (non-hydrogen) atoms. The fourth-order valence-corrected chi connectivity index (χ4v) is 2.38. The van der Waals surface area contributed by atoms with Crippen LogP contribution in [-0.2, 0) is 11.2 Å². The zero-order valence-corrected chi connectivity index (χ0v) is 11.5. The normalized spacial score (nSPS) is 17.6. The van der Waals surface area contributed by atoms with Crippen LogP contribution in [0.4, 0.5) is 0 Å². The van der Waals surface area contributed by atoms with Crippen molar-refractivity contribution in [2.75, 3.05) is 26.9 Å². The van der Waals surface area contributed by atoms with E-state index >= 15 is 0 Å². The van der Waals surface area contributed by atoms with Crippen molar-refractivity contribution < 1.29 is 9.47 Å². The second kappa shape index (κ2) is 5.29. The van der Waals surface area contributed by atoms with E-state index in [1.54, 1.807) is 7.11 Å². The van der Waals surface area contributed by atoms with E-state index in [2.05, 4.69) is 32.0 Å². The largest absolute Gasteiger partial charge is 0.496 e. The highest BCUT2D eigenvalue weighted by atomic mass is 16.5. The minimum absolute atomic E-state index is 0.114. The molecule has 0 bridgehead atoms. The Morgan fingerprint density at radius 3 is 2.56 bits per heavy atom. The lowest BCUT2D eigenvalue weighted by atomic mass is 9.79. The topological polar surface area (TPSA) is 44.5 Å². The van der Waals surface area contributed by atoms with Gasteiger partial charge in [0.05, 0.1) is 20.3 Å². The van der Waals surface area contributed by atoms with E-state index in [-0.39, 0.29) is 5.41 Å². The molecule has 1 fully saturated rings. The van der Waals surface area contributed by atoms with Crippen LogP contribution in [0.25, 0.3) is 0 Å². The van der Waals surface area contributed by atoms with E-state index in [1.165, 1.54) is 11.1 Å². The molecule has 1 heterocycles. The van der Waals surface area contributed by atoms with Crippen molar-refractivity contribution in [2.45, 2.75) is 26.2 Å². The first-order valence-electron chi connectivity index (χ1n) is 6.55. The molecule has 0 radical (unpaired) electrons. The molecule has 0 spiro atoms. The Hall–Kier alpha value is -1.06. The van der Waals surface area contributed by atoms with E-state index in [0.29, 0.717) is 12.5 Å². The van der Waals surface area contributed by atoms with Gasteiger partial charge < -0.3 is 15.2 Å². The summed E-state index contributed by atoms with van der Waals surface area (Å²) in [6, 6.07) is 6.45. The molecule has 0 aliphatic carbocycles. The highest BCUT2D eigenvalue weighted by Crippen LogP contribution is 2.35. The summed E-state index contributed by atoms with van der Waals surface area (Å²) in [5, 5.41) is 0. The number of benzene rings is 1. The summed E-state index contributed by atoms with van der Waals surface area (Å²) in [7, 11) is 1.72. The van der Waals surface area contributed by atoms with Gasteiger partial charge in [0.1, 0.15) is 5.75 Å². The summed E-state index contributed by atoms with van der Waals surface area (Å²) >= 11 is 0. The molecule has 1 aromatic rings. The number of nitrogens with two attached hydrogens (primary N) is 1. The molecule has 3 heteroatoms. The Balaban J connectivity index is 2.26. The summed E-state index contributed by atoms with van der Waals surface area (Å²) in [5.74, 6) is 1.49. The molecule has 2 N–H and O–H groups in total. The average molecular weight is 249 g/mol. The van der Waals surface area contributed by atoms with E-state index < -0.39 is 0 Å². The van der Waals surface area contributed by atoms with Gasteiger partial charge in [-0.2, -0.15) is 0 Å². The average Bonchev–Trinajstić information content (AvgIpc) is 2.33. The molecule has 1 aliphatic rings. The Labute approximate surface area is 109 Å². The molecule has 0 atom stereocenters. The lowest BCUT2D eigenvalue weighted by Gasteiger charge is -2.41. The molecule has 0 unspecified atom stereocenters. The minimum atomic E-state index is 0.114. The van der Waals surface area contributed by atoms with Crippen LogP contribution in [-0.4, -0.2) is 26.9 Å². The molecule has 3 nitrogen and oxygen atoms in total. The summed E-state index contributed by atoms with van der Waals surface area (Å²) in [5.41, 5.74) is 8.59. The van der Waals surface area contributed by atoms with Crippen molar-refractivity contribution in [3.8, 4) is 5.75 Å². The Morgan fingerprint density at radius 2 is 2.11 bits per heavy atom. The van der Waals surface area contributed by atoms with Crippen molar-refractivity contribution >= 4 is 0 Å². The van der Waals surface area contributed by atoms with Gasteiger partial charge in [-0.3, -0.25) is 0 Å². The van der Waals surface area contributed by atoms with Crippen molar-refractivity contribution in [1.29, 1.82) is 0 Å². The number of methoxy groups -OCH3 is 1. The molecule has 100 valence electrons. The Morgan fingerprint density at radius 1 is 1.39 bits per heavy atom. The SMILES string of the molecule is COc1ccc(C(C)C)cc1CC1(CN)COC1. The molecule has 1 aromatic carbocycles. The predicted octanol–water partition coefficient (Wildman–Crippen LogP) is 2.34. The van der Waals surface area contributed by atoms with Gasteiger partial charge in [-0.15, -0.1) is 0 Å². The van der Waals surface area contributed by atoms with Crippen molar-refractivity contribution in [3.05, 3.63) is 29.3 Å². The first-order chi connectivity index (χ1) is 8.60. The van der Waals surface area contributed by atoms with Crippen LogP contribution in [0.2, 0.25) is 0 Å². The van der Waals surface area contributed by atoms with Crippen LogP contribution in [0.5, 0.6) is 5.75 Å². The second-order valence-corrected chi connectivity index (χ2v) is 5.60. The first-order valence-corrected chi connectivity index (χ1v) is 6.55. The van der Waals surface area contributed by atoms with Crippen LogP contribution in [0, 0.1) is 5.41 Å². The van der Waals surface area contributed by atoms with Gasteiger partial charge in [0.25, 0.3) is 0 Å². The quantitative estimate of drug-likeness (QED) is 0.871. The van der Waals surface area contributed by atoms with Gasteiger partial charge in [0.2, 0.25) is 0 Å². The Kier molecular flexibility index (Phi) is 3.93. The smallest absolute Gasteiger partial charge is 0.122 e. The maximum Gasteiger partial charge on any atom is 0.122 e. The van der Waals surface area contributed by atoms with Gasteiger partial charge in [-0.1, -0.05) is 26.0 Å². The van der Waals surface area contributed by atoms with E-state index in [1.807, 2.05) is 0 Å². The molecule has 1 saturated heterocycles. The van der Waals surface area contributed by atoms with Crippen molar-refractivity contribution in [2.24, 2.45) is 11.1 Å². The third-order valence-corrected chi connectivity index (χ3v) is 3.79. The molecular weight excluding hydrogens is 226 g/mol. The summed E-state index contributed by atoms with van der Waals surface area (Å²) < 4.78 is 10.8. The highest BCUT2D eigenvalue weighted by Gasteiger charge is 2.38. The van der Waals surface area contributed by atoms with Gasteiger partial charge in [-0.25, -0.2) is 0 Å². The number of ether oxygens (including phenoxy) is 2. The van der Waals surface area contributed by atoms with Crippen molar-refractivity contribution in [3.63, 3.8) is 0 Å². The predicted molar refractivity (Wildman–Crippen MR) is 73.1 cm³/mol. The zero-order valence-electron chi connectivity index (χ0n) is 11.5. The van der Waals surface area contributed by atoms with Crippen LogP contribution < -0.4 is 10.5 Å². The van der Waals surface area contributed by atoms with Gasteiger partial charge >= 0.3 is 0 Å². The molecule has 0 amide bonds. The minimum Gasteiger partial charge on any atom is -0.496 e. The number of hydrogen-bond donors (Lipinski definition) is 1. The third-order valence-electron chi connectivity index (χ3n) is 3.79. The molecule has 2 rings (SSSR count). The fourth-order valence-electron chi connectivity index (χ4n) is 2.38. The van der Waals surface area contributed by atoms with Gasteiger partial charge in [0.15, 0.2) is 0 Å². The molecule has 0 aromatic heterocycles. The third kappa shape index (κ3) is 2.52. The summed E-state index contributed by atoms with van der Waals surface area (Å²) in [6.45, 7) is 6.60. The van der Waals surface area contributed by atoms with Crippen LogP contribution in [0.3, 0.4) is 0 Å². The molecule has 1 aliphatic heterocycles. The lowest BCUT2D eigenvalue weighted by Crippen LogP contribution is -2.49. The maximum absolute atomic E-state index is 5.89. The van der Waals surface area contributed by atoms with E-state index in [9.17, 15) is 0 Å². The standard InChI is InChI=1S/C15H23NO2/c1-11(2)12-4-5-14(17-3)13(6-12)7-15(8-16)9-18-10-15/h4-6,11H,7-10,16H2,1-3H3. The van der Waals surface area contributed by atoms with Crippen LogP contribution in [0.15, 0.2) is 18.2 Å². The van der Waals surface area contributed by atoms with Gasteiger partial charge in [0, 0.05) is 12.0 Å². The number of rotatable bonds is 5. The summed E-state index contributed by atoms with van der Waals surface area (Å²) in [4.78, 5) is 0. The fraction of sp³-hybridized carbons (Fsp3) is 0.600. The first kappa shape index (κ1) is 13.4. The van der Waals surface area contributed by atoms with E-state index in [0.717, 1.165) is 25.4 Å². The van der Waals surface area contributed by atoms with Gasteiger partial charge in [-0.05, 0) is 29.5 Å². The Bertz CT molecular complexity index is 405. The van der Waals surface area contributed by atoms with E-state index in [4.69, 9.17) is 15.2 Å². The maximum atomic E-state index is 5.89. The van der Waals surface area contributed by atoms with Crippen LogP contribution in [0.1, 0.15) is 30.9 Å². The van der Waals surface area contributed by atoms with Crippen LogP contribution >= 0.6 is 0 Å². The van der Waals surface area contributed by atoms with Crippen molar-refractivity contribution in [1.82, 2.24) is 0 Å². The number of hydrogen-bond acceptors (Lipinski definition) is 3. The lowest BCUT2D eigenvalue weighted by molar-refractivity contribution is -0.106. The second-order valence-electron chi connectivity index (χ2n) is 5.60. The zero-order chi connectivity index (χ0) is 13.2. The highest BCUT2D eigenvalue weighted by molar-refractivity contribution is 5.39. The molecule has 0 saturated carbocycles.